The van der Waals surface area contributed by atoms with E-state index in [0.717, 1.165) is 54.4 Å². The standard InChI is InChI=1S/C38H43N3O4S/c1-29-23-24-30(2)35(25-29)41(46(44,45)34-21-13-6-14-22-34)28-37(42)40(27-32-17-9-4-10-18-32)36(26-31-15-7-3-8-16-31)38(43)39-33-19-11-5-12-20-33/h3-4,6-10,13-18,21-25,33,36H,5,11-12,19-20,26-28H2,1-2H3,(H,39,43). The van der Waals surface area contributed by atoms with Gasteiger partial charge < -0.3 is 10.2 Å². The average Bonchev–Trinajstić information content (AvgIpc) is 3.08. The average molecular weight is 638 g/mol. The van der Waals surface area contributed by atoms with Gasteiger partial charge in [-0.3, -0.25) is 13.9 Å². The summed E-state index contributed by atoms with van der Waals surface area (Å²) in [5.74, 6) is -0.673. The lowest BCUT2D eigenvalue weighted by atomic mass is 9.94. The first-order valence-electron chi connectivity index (χ1n) is 16.0. The van der Waals surface area contributed by atoms with Crippen LogP contribution < -0.4 is 9.62 Å². The van der Waals surface area contributed by atoms with Crippen molar-refractivity contribution in [3.63, 3.8) is 0 Å². The van der Waals surface area contributed by atoms with E-state index in [0.29, 0.717) is 12.1 Å². The van der Waals surface area contributed by atoms with Crippen LogP contribution in [0.3, 0.4) is 0 Å². The molecule has 1 N–H and O–H groups in total. The third kappa shape index (κ3) is 8.23. The maximum atomic E-state index is 14.7. The van der Waals surface area contributed by atoms with E-state index in [1.807, 2.05) is 86.6 Å². The molecule has 1 aliphatic carbocycles. The molecule has 1 saturated carbocycles. The third-order valence-corrected chi connectivity index (χ3v) is 10.4. The molecule has 5 rings (SSSR count). The van der Waals surface area contributed by atoms with E-state index < -0.39 is 28.5 Å². The largest absolute Gasteiger partial charge is 0.352 e. The number of aryl methyl sites for hydroxylation is 2. The highest BCUT2D eigenvalue weighted by Gasteiger charge is 2.35. The summed E-state index contributed by atoms with van der Waals surface area (Å²) in [4.78, 5) is 30.5. The third-order valence-electron chi connectivity index (χ3n) is 8.66. The number of sulfonamides is 1. The summed E-state index contributed by atoms with van der Waals surface area (Å²) >= 11 is 0. The van der Waals surface area contributed by atoms with E-state index in [-0.39, 0.29) is 23.4 Å². The number of anilines is 1. The minimum absolute atomic E-state index is 0.0538. The first-order chi connectivity index (χ1) is 22.2. The summed E-state index contributed by atoms with van der Waals surface area (Å²) in [6.45, 7) is 3.42. The molecule has 7 nitrogen and oxygen atoms in total. The molecule has 4 aromatic carbocycles. The van der Waals surface area contributed by atoms with Gasteiger partial charge in [0.25, 0.3) is 10.0 Å². The Hall–Kier alpha value is -4.43. The van der Waals surface area contributed by atoms with E-state index in [2.05, 4.69) is 5.32 Å². The lowest BCUT2D eigenvalue weighted by Crippen LogP contribution is -2.55. The van der Waals surface area contributed by atoms with Crippen LogP contribution >= 0.6 is 0 Å². The van der Waals surface area contributed by atoms with Crippen LogP contribution in [-0.4, -0.2) is 43.8 Å². The van der Waals surface area contributed by atoms with Gasteiger partial charge in [0.05, 0.1) is 10.6 Å². The Kier molecular flexibility index (Phi) is 10.9. The van der Waals surface area contributed by atoms with Gasteiger partial charge in [0.1, 0.15) is 12.6 Å². The number of carbonyl (C=O) groups is 2. The van der Waals surface area contributed by atoms with Crippen molar-refractivity contribution in [1.82, 2.24) is 10.2 Å². The molecule has 0 heterocycles. The van der Waals surface area contributed by atoms with Crippen LogP contribution in [-0.2, 0) is 32.6 Å². The minimum atomic E-state index is -4.14. The van der Waals surface area contributed by atoms with Gasteiger partial charge in [0, 0.05) is 19.0 Å². The monoisotopic (exact) mass is 637 g/mol. The molecule has 1 atom stereocenters. The van der Waals surface area contributed by atoms with Crippen LogP contribution in [0.25, 0.3) is 0 Å². The number of benzene rings is 4. The molecular formula is C38H43N3O4S. The molecule has 0 spiro atoms. The van der Waals surface area contributed by atoms with Crippen molar-refractivity contribution < 1.29 is 18.0 Å². The van der Waals surface area contributed by atoms with Gasteiger partial charge in [-0.2, -0.15) is 0 Å². The zero-order chi connectivity index (χ0) is 32.5. The second kappa shape index (κ2) is 15.2. The zero-order valence-corrected chi connectivity index (χ0v) is 27.5. The SMILES string of the molecule is Cc1ccc(C)c(N(CC(=O)N(Cc2ccccc2)C(Cc2ccccc2)C(=O)NC2CCCCC2)S(=O)(=O)c2ccccc2)c1. The second-order valence-corrected chi connectivity index (χ2v) is 14.0. The second-order valence-electron chi connectivity index (χ2n) is 12.2. The maximum absolute atomic E-state index is 14.7. The number of nitrogens with one attached hydrogen (secondary N) is 1. The van der Waals surface area contributed by atoms with Crippen molar-refractivity contribution in [3.05, 3.63) is 131 Å². The van der Waals surface area contributed by atoms with Crippen molar-refractivity contribution in [1.29, 1.82) is 0 Å². The summed E-state index contributed by atoms with van der Waals surface area (Å²) in [5.41, 5.74) is 3.80. The maximum Gasteiger partial charge on any atom is 0.264 e. The van der Waals surface area contributed by atoms with Crippen LogP contribution in [0.5, 0.6) is 0 Å². The van der Waals surface area contributed by atoms with Gasteiger partial charge in [-0.15, -0.1) is 0 Å². The van der Waals surface area contributed by atoms with Crippen LogP contribution in [0.1, 0.15) is 54.4 Å². The van der Waals surface area contributed by atoms with Crippen LogP contribution in [0.4, 0.5) is 5.69 Å². The minimum Gasteiger partial charge on any atom is -0.352 e. The van der Waals surface area contributed by atoms with Crippen LogP contribution in [0.15, 0.2) is 114 Å². The van der Waals surface area contributed by atoms with E-state index in [1.54, 1.807) is 29.2 Å². The highest BCUT2D eigenvalue weighted by Crippen LogP contribution is 2.29. The molecule has 0 aliphatic heterocycles. The van der Waals surface area contributed by atoms with Crippen molar-refractivity contribution >= 4 is 27.5 Å². The van der Waals surface area contributed by atoms with Crippen molar-refractivity contribution in [2.24, 2.45) is 0 Å². The van der Waals surface area contributed by atoms with Gasteiger partial charge in [0.2, 0.25) is 11.8 Å². The molecule has 4 aromatic rings. The Balaban J connectivity index is 1.57. The zero-order valence-electron chi connectivity index (χ0n) is 26.6. The molecular weight excluding hydrogens is 595 g/mol. The van der Waals surface area contributed by atoms with Gasteiger partial charge >= 0.3 is 0 Å². The van der Waals surface area contributed by atoms with E-state index in [9.17, 15) is 18.0 Å². The fourth-order valence-electron chi connectivity index (χ4n) is 6.10. The lowest BCUT2D eigenvalue weighted by Gasteiger charge is -2.35. The van der Waals surface area contributed by atoms with Gasteiger partial charge in [0.15, 0.2) is 0 Å². The van der Waals surface area contributed by atoms with Crippen molar-refractivity contribution in [2.45, 2.75) is 75.9 Å². The lowest BCUT2D eigenvalue weighted by molar-refractivity contribution is -0.140. The molecule has 0 bridgehead atoms. The number of amides is 2. The Morgan fingerprint density at radius 1 is 0.783 bits per heavy atom. The predicted molar refractivity (Wildman–Crippen MR) is 183 cm³/mol. The normalized spacial score (nSPS) is 14.3. The molecule has 1 aliphatic rings. The molecule has 0 radical (unpaired) electrons. The van der Waals surface area contributed by atoms with E-state index in [1.165, 1.54) is 16.4 Å². The molecule has 0 aromatic heterocycles. The smallest absolute Gasteiger partial charge is 0.264 e. The first kappa shape index (κ1) is 32.9. The first-order valence-corrected chi connectivity index (χ1v) is 17.5. The Morgan fingerprint density at radius 2 is 1.37 bits per heavy atom. The summed E-state index contributed by atoms with van der Waals surface area (Å²) < 4.78 is 29.7. The molecule has 8 heteroatoms. The highest BCUT2D eigenvalue weighted by molar-refractivity contribution is 7.92. The summed E-state index contributed by atoms with van der Waals surface area (Å²) in [6.07, 6.45) is 5.39. The number of hydrogen-bond acceptors (Lipinski definition) is 4. The molecule has 1 unspecified atom stereocenters. The highest BCUT2D eigenvalue weighted by atomic mass is 32.2. The Bertz CT molecular complexity index is 1710. The number of rotatable bonds is 12. The van der Waals surface area contributed by atoms with Crippen molar-refractivity contribution in [3.8, 4) is 0 Å². The summed E-state index contributed by atoms with van der Waals surface area (Å²) in [6, 6.07) is 32.2. The number of hydrogen-bond donors (Lipinski definition) is 1. The molecule has 240 valence electrons. The van der Waals surface area contributed by atoms with E-state index >= 15 is 0 Å². The quantitative estimate of drug-likeness (QED) is 0.190. The molecule has 2 amide bonds. The van der Waals surface area contributed by atoms with Gasteiger partial charge in [-0.1, -0.05) is 110 Å². The van der Waals surface area contributed by atoms with Crippen LogP contribution in [0, 0.1) is 13.8 Å². The van der Waals surface area contributed by atoms with E-state index in [4.69, 9.17) is 0 Å². The predicted octanol–water partition coefficient (Wildman–Crippen LogP) is 6.59. The Morgan fingerprint density at radius 3 is 2.00 bits per heavy atom. The Labute approximate surface area is 273 Å². The summed E-state index contributed by atoms with van der Waals surface area (Å²) in [7, 11) is -4.14. The van der Waals surface area contributed by atoms with Crippen LogP contribution in [0.2, 0.25) is 0 Å². The molecule has 46 heavy (non-hydrogen) atoms. The number of nitrogens with zero attached hydrogens (tertiary/aromatic N) is 2. The van der Waals surface area contributed by atoms with Gasteiger partial charge in [-0.25, -0.2) is 8.42 Å². The number of carbonyl (C=O) groups excluding carboxylic acids is 2. The topological polar surface area (TPSA) is 86.8 Å². The van der Waals surface area contributed by atoms with Crippen molar-refractivity contribution in [2.75, 3.05) is 10.8 Å². The fraction of sp³-hybridized carbons (Fsp3) is 0.316. The van der Waals surface area contributed by atoms with Gasteiger partial charge in [-0.05, 0) is 67.1 Å². The molecule has 0 saturated heterocycles. The molecule has 1 fully saturated rings. The fourth-order valence-corrected chi connectivity index (χ4v) is 7.59. The summed E-state index contributed by atoms with van der Waals surface area (Å²) in [5, 5.41) is 3.25.